The molecular formula is C69H50N4O. The Hall–Kier alpha value is -9.45. The van der Waals surface area contributed by atoms with Gasteiger partial charge in [-0.2, -0.15) is 0 Å². The molecule has 0 atom stereocenters. The lowest BCUT2D eigenvalue weighted by Gasteiger charge is -2.27. The maximum absolute atomic E-state index is 6.98. The Balaban J connectivity index is 0.920. The minimum absolute atomic E-state index is 0.410. The zero-order valence-electron chi connectivity index (χ0n) is 41.2. The van der Waals surface area contributed by atoms with Gasteiger partial charge in [0, 0.05) is 56.7 Å². The van der Waals surface area contributed by atoms with E-state index in [0.717, 1.165) is 72.2 Å². The summed E-state index contributed by atoms with van der Waals surface area (Å²) < 4.78 is 9.36. The molecule has 0 amide bonds. The van der Waals surface area contributed by atoms with Crippen LogP contribution in [0.3, 0.4) is 0 Å². The molecule has 13 aromatic rings. The molecular weight excluding hydrogens is 901 g/mol. The lowest BCUT2D eigenvalue weighted by atomic mass is 9.91. The first-order valence-corrected chi connectivity index (χ1v) is 25.6. The summed E-state index contributed by atoms with van der Waals surface area (Å²) >= 11 is 0. The molecule has 14 rings (SSSR count). The van der Waals surface area contributed by atoms with Crippen LogP contribution in [0.4, 0.5) is 22.7 Å². The Labute approximate surface area is 430 Å². The predicted molar refractivity (Wildman–Crippen MR) is 310 cm³/mol. The van der Waals surface area contributed by atoms with Crippen LogP contribution in [0.2, 0.25) is 0 Å². The quantitative estimate of drug-likeness (QED) is 0.152. The largest absolute Gasteiger partial charge is 0.457 e. The highest BCUT2D eigenvalue weighted by Crippen LogP contribution is 2.51. The summed E-state index contributed by atoms with van der Waals surface area (Å²) in [6.07, 6.45) is 1.92. The molecule has 3 aromatic heterocycles. The fourth-order valence-electron chi connectivity index (χ4n) is 11.7. The van der Waals surface area contributed by atoms with Crippen molar-refractivity contribution in [2.45, 2.75) is 19.8 Å². The van der Waals surface area contributed by atoms with Gasteiger partial charge in [-0.25, -0.2) is 4.98 Å². The Morgan fingerprint density at radius 3 is 1.76 bits per heavy atom. The van der Waals surface area contributed by atoms with Crippen molar-refractivity contribution >= 4 is 82.5 Å². The highest BCUT2D eigenvalue weighted by atomic mass is 16.5. The molecule has 352 valence electrons. The van der Waals surface area contributed by atoms with Gasteiger partial charge in [0.25, 0.3) is 0 Å². The molecule has 1 aliphatic heterocycles. The van der Waals surface area contributed by atoms with E-state index in [9.17, 15) is 0 Å². The van der Waals surface area contributed by atoms with E-state index in [1.165, 1.54) is 60.8 Å². The molecule has 0 N–H and O–H groups in total. The lowest BCUT2D eigenvalue weighted by Crippen LogP contribution is -2.24. The maximum Gasteiger partial charge on any atom is 0.145 e. The molecule has 5 heteroatoms. The maximum atomic E-state index is 6.98. The molecule has 0 saturated carbocycles. The van der Waals surface area contributed by atoms with E-state index < -0.39 is 0 Å². The number of pyridine rings is 1. The van der Waals surface area contributed by atoms with E-state index in [0.29, 0.717) is 12.6 Å². The van der Waals surface area contributed by atoms with Gasteiger partial charge in [-0.1, -0.05) is 196 Å². The summed E-state index contributed by atoms with van der Waals surface area (Å²) in [4.78, 5) is 10.1. The number of rotatable bonds is 8. The molecule has 74 heavy (non-hydrogen) atoms. The van der Waals surface area contributed by atoms with E-state index in [2.05, 4.69) is 271 Å². The zero-order valence-corrected chi connectivity index (χ0v) is 41.2. The number of anilines is 4. The molecule has 5 nitrogen and oxygen atoms in total. The molecule has 4 heterocycles. The molecule has 0 bridgehead atoms. The minimum atomic E-state index is 0.410. The number of hydrogen-bond donors (Lipinski definition) is 0. The summed E-state index contributed by atoms with van der Waals surface area (Å²) in [7, 11) is 0. The standard InChI is InChI=1S/C69H50N4O/c1-45(2)48-23-13-24-49(41-48)53-29-15-32-59-61-34-17-33-60-57-39-38-52(43-65(57)73(68(60)61)69-62(35-18-40-70-69)56-27-9-10-28-58(56)66(53)59)74-51-26-14-25-50(42-51)71-44-72(64-37-12-11-36-63(64)71)67-54(46-19-5-3-6-20-46)30-16-31-55(67)47-21-7-4-8-22-47/h3-43,45H,44H2,1-2H3. The van der Waals surface area contributed by atoms with E-state index in [1.807, 2.05) is 6.20 Å². The minimum Gasteiger partial charge on any atom is -0.457 e. The van der Waals surface area contributed by atoms with Gasteiger partial charge in [0.15, 0.2) is 0 Å². The molecule has 0 unspecified atom stereocenters. The van der Waals surface area contributed by atoms with Crippen molar-refractivity contribution in [3.05, 3.63) is 254 Å². The van der Waals surface area contributed by atoms with Crippen molar-refractivity contribution in [3.8, 4) is 44.9 Å². The van der Waals surface area contributed by atoms with E-state index in [-0.39, 0.29) is 0 Å². The van der Waals surface area contributed by atoms with Crippen LogP contribution < -0.4 is 14.5 Å². The lowest BCUT2D eigenvalue weighted by molar-refractivity contribution is 0.483. The SMILES string of the molecule is CC(C)c1cccc(-c2cccc3c4cccc5c6ccc(Oc7cccc(N8CN(c9c(-c%10ccccc%10)cccc9-c9ccccc9)c9ccccc98)c7)cc6n(c6ncccc6c6ccccc6c23)c45)c1. The first-order chi connectivity index (χ1) is 36.6. The predicted octanol–water partition coefficient (Wildman–Crippen LogP) is 18.8. The number of hydrogen-bond acceptors (Lipinski definition) is 4. The van der Waals surface area contributed by atoms with Gasteiger partial charge in [0.1, 0.15) is 23.8 Å². The van der Waals surface area contributed by atoms with Gasteiger partial charge < -0.3 is 14.5 Å². The summed E-state index contributed by atoms with van der Waals surface area (Å²) in [5.74, 6) is 1.91. The third-order valence-electron chi connectivity index (χ3n) is 15.1. The van der Waals surface area contributed by atoms with Crippen molar-refractivity contribution in [3.63, 3.8) is 0 Å². The summed E-state index contributed by atoms with van der Waals surface area (Å²) in [5.41, 5.74) is 16.0. The Morgan fingerprint density at radius 1 is 0.419 bits per heavy atom. The average molecular weight is 951 g/mol. The van der Waals surface area contributed by atoms with Crippen molar-refractivity contribution < 1.29 is 4.74 Å². The summed E-state index contributed by atoms with van der Waals surface area (Å²) in [6, 6.07) is 87.6. The number of nitrogens with zero attached hydrogens (tertiary/aromatic N) is 4. The fourth-order valence-corrected chi connectivity index (χ4v) is 11.7. The van der Waals surface area contributed by atoms with Gasteiger partial charge in [0.05, 0.1) is 28.1 Å². The Kier molecular flexibility index (Phi) is 10.4. The second kappa shape index (κ2) is 17.7. The number of fused-ring (bicyclic) bond motifs is 11. The van der Waals surface area contributed by atoms with Crippen LogP contribution in [-0.4, -0.2) is 16.1 Å². The van der Waals surface area contributed by atoms with Crippen molar-refractivity contribution in [2.24, 2.45) is 0 Å². The van der Waals surface area contributed by atoms with Crippen LogP contribution in [0.15, 0.2) is 249 Å². The molecule has 0 aliphatic carbocycles. The topological polar surface area (TPSA) is 33.0 Å². The van der Waals surface area contributed by atoms with Crippen LogP contribution >= 0.6 is 0 Å². The normalized spacial score (nSPS) is 12.5. The average Bonchev–Trinajstić information content (AvgIpc) is 4.02. The fraction of sp³-hybridized carbons (Fsp3) is 0.0580. The Bertz CT molecular complexity index is 4310. The molecule has 1 aliphatic rings. The van der Waals surface area contributed by atoms with Crippen molar-refractivity contribution in [2.75, 3.05) is 16.5 Å². The van der Waals surface area contributed by atoms with Gasteiger partial charge in [-0.15, -0.1) is 0 Å². The van der Waals surface area contributed by atoms with Crippen LogP contribution in [0.5, 0.6) is 11.5 Å². The summed E-state index contributed by atoms with van der Waals surface area (Å²) in [6.45, 7) is 5.15. The zero-order chi connectivity index (χ0) is 49.3. The van der Waals surface area contributed by atoms with Gasteiger partial charge in [0.2, 0.25) is 0 Å². The third kappa shape index (κ3) is 7.11. The number of benzene rings is 10. The molecule has 0 fully saturated rings. The monoisotopic (exact) mass is 950 g/mol. The van der Waals surface area contributed by atoms with Crippen LogP contribution in [0.1, 0.15) is 25.3 Å². The highest BCUT2D eigenvalue weighted by Gasteiger charge is 2.31. The van der Waals surface area contributed by atoms with Crippen molar-refractivity contribution in [1.82, 2.24) is 9.38 Å². The third-order valence-corrected chi connectivity index (χ3v) is 15.1. The first kappa shape index (κ1) is 43.3. The van der Waals surface area contributed by atoms with E-state index in [1.54, 1.807) is 0 Å². The van der Waals surface area contributed by atoms with E-state index >= 15 is 0 Å². The molecule has 0 spiro atoms. The second-order valence-electron chi connectivity index (χ2n) is 19.7. The number of para-hydroxylation sites is 4. The summed E-state index contributed by atoms with van der Waals surface area (Å²) in [5, 5.41) is 9.23. The van der Waals surface area contributed by atoms with Crippen LogP contribution in [0, 0.1) is 0 Å². The van der Waals surface area contributed by atoms with Crippen LogP contribution in [0.25, 0.3) is 93.2 Å². The Morgan fingerprint density at radius 2 is 0.986 bits per heavy atom. The molecule has 10 aromatic carbocycles. The number of ether oxygens (including phenoxy) is 1. The second-order valence-corrected chi connectivity index (χ2v) is 19.7. The van der Waals surface area contributed by atoms with E-state index in [4.69, 9.17) is 9.72 Å². The van der Waals surface area contributed by atoms with Gasteiger partial charge >= 0.3 is 0 Å². The first-order valence-electron chi connectivity index (χ1n) is 25.6. The van der Waals surface area contributed by atoms with Crippen molar-refractivity contribution in [1.29, 1.82) is 0 Å². The van der Waals surface area contributed by atoms with Gasteiger partial charge in [-0.3, -0.25) is 4.40 Å². The van der Waals surface area contributed by atoms with Crippen LogP contribution in [-0.2, 0) is 0 Å². The number of aromatic nitrogens is 2. The molecule has 0 saturated heterocycles. The van der Waals surface area contributed by atoms with Gasteiger partial charge in [-0.05, 0) is 104 Å². The molecule has 0 radical (unpaired) electrons. The highest BCUT2D eigenvalue weighted by molar-refractivity contribution is 6.27. The smallest absolute Gasteiger partial charge is 0.145 e.